The number of rotatable bonds is 4. The number of carbonyl (C=O) groups is 1. The van der Waals surface area contributed by atoms with Gasteiger partial charge in [0.25, 0.3) is 0 Å². The van der Waals surface area contributed by atoms with Gasteiger partial charge in [-0.2, -0.15) is 0 Å². The molecule has 1 rings (SSSR count). The standard InChI is InChI=1S/C10H9Br2NO2/c1-6(10(14)15)5-13-9-3-2-7(11)4-8(9)12/h2-4,13H,1,5H2,(H,14,15). The third kappa shape index (κ3) is 3.68. The van der Waals surface area contributed by atoms with Gasteiger partial charge < -0.3 is 10.4 Å². The Morgan fingerprint density at radius 2 is 2.13 bits per heavy atom. The highest BCUT2D eigenvalue weighted by Gasteiger charge is 2.05. The largest absolute Gasteiger partial charge is 0.478 e. The minimum absolute atomic E-state index is 0.129. The highest BCUT2D eigenvalue weighted by atomic mass is 79.9. The van der Waals surface area contributed by atoms with Gasteiger partial charge in [0.1, 0.15) is 0 Å². The number of anilines is 1. The molecule has 0 aliphatic carbocycles. The summed E-state index contributed by atoms with van der Waals surface area (Å²) in [5.74, 6) is -0.990. The fraction of sp³-hybridized carbons (Fsp3) is 0.100. The second-order valence-electron chi connectivity index (χ2n) is 2.89. The molecule has 0 aliphatic rings. The lowest BCUT2D eigenvalue weighted by atomic mass is 10.3. The first-order chi connectivity index (χ1) is 7.00. The average molecular weight is 335 g/mol. The van der Waals surface area contributed by atoms with E-state index in [-0.39, 0.29) is 12.1 Å². The molecule has 80 valence electrons. The van der Waals surface area contributed by atoms with Crippen LogP contribution in [0.1, 0.15) is 0 Å². The fourth-order valence-corrected chi connectivity index (χ4v) is 2.10. The van der Waals surface area contributed by atoms with Gasteiger partial charge in [0, 0.05) is 26.8 Å². The molecule has 0 heterocycles. The molecule has 1 aromatic rings. The van der Waals surface area contributed by atoms with Crippen molar-refractivity contribution in [3.8, 4) is 0 Å². The van der Waals surface area contributed by atoms with Crippen molar-refractivity contribution in [2.24, 2.45) is 0 Å². The number of nitrogens with one attached hydrogen (secondary N) is 1. The fourth-order valence-electron chi connectivity index (χ4n) is 0.910. The summed E-state index contributed by atoms with van der Waals surface area (Å²) in [6.45, 7) is 3.65. The van der Waals surface area contributed by atoms with E-state index in [4.69, 9.17) is 5.11 Å². The Morgan fingerprint density at radius 3 is 2.67 bits per heavy atom. The highest BCUT2D eigenvalue weighted by Crippen LogP contribution is 2.26. The number of hydrogen-bond acceptors (Lipinski definition) is 2. The quantitative estimate of drug-likeness (QED) is 0.831. The Balaban J connectivity index is 2.66. The first-order valence-corrected chi connectivity index (χ1v) is 5.69. The number of carboxylic acid groups (broad SMARTS) is 1. The SMILES string of the molecule is C=C(CNc1ccc(Br)cc1Br)C(=O)O. The molecule has 1 aromatic carbocycles. The van der Waals surface area contributed by atoms with Crippen molar-refractivity contribution >= 4 is 43.5 Å². The number of benzene rings is 1. The Bertz CT molecular complexity index is 404. The third-order valence-electron chi connectivity index (χ3n) is 1.73. The molecule has 0 radical (unpaired) electrons. The van der Waals surface area contributed by atoms with Crippen molar-refractivity contribution in [1.29, 1.82) is 0 Å². The van der Waals surface area contributed by atoms with E-state index >= 15 is 0 Å². The van der Waals surface area contributed by atoms with Gasteiger partial charge in [-0.05, 0) is 34.1 Å². The van der Waals surface area contributed by atoms with Crippen molar-refractivity contribution in [3.05, 3.63) is 39.3 Å². The normalized spacial score (nSPS) is 9.73. The van der Waals surface area contributed by atoms with Gasteiger partial charge in [-0.1, -0.05) is 22.5 Å². The van der Waals surface area contributed by atoms with Crippen LogP contribution in [0, 0.1) is 0 Å². The molecule has 0 aromatic heterocycles. The number of aliphatic carboxylic acids is 1. The highest BCUT2D eigenvalue weighted by molar-refractivity contribution is 9.11. The molecule has 0 saturated heterocycles. The molecule has 0 amide bonds. The van der Waals surface area contributed by atoms with Crippen molar-refractivity contribution in [2.75, 3.05) is 11.9 Å². The van der Waals surface area contributed by atoms with Crippen LogP contribution in [0.2, 0.25) is 0 Å². The number of hydrogen-bond donors (Lipinski definition) is 2. The summed E-state index contributed by atoms with van der Waals surface area (Å²) in [4.78, 5) is 10.5. The van der Waals surface area contributed by atoms with Crippen molar-refractivity contribution in [2.45, 2.75) is 0 Å². The van der Waals surface area contributed by atoms with Crippen LogP contribution in [0.3, 0.4) is 0 Å². The molecule has 0 saturated carbocycles. The van der Waals surface area contributed by atoms with Crippen molar-refractivity contribution < 1.29 is 9.90 Å². The van der Waals surface area contributed by atoms with Gasteiger partial charge in [0.2, 0.25) is 0 Å². The van der Waals surface area contributed by atoms with E-state index in [1.807, 2.05) is 18.2 Å². The molecular formula is C10H9Br2NO2. The van der Waals surface area contributed by atoms with E-state index in [9.17, 15) is 4.79 Å². The molecule has 0 aliphatic heterocycles. The summed E-state index contributed by atoms with van der Waals surface area (Å²) < 4.78 is 1.83. The molecule has 3 nitrogen and oxygen atoms in total. The van der Waals surface area contributed by atoms with E-state index in [1.54, 1.807) is 0 Å². The van der Waals surface area contributed by atoms with Gasteiger partial charge >= 0.3 is 5.97 Å². The van der Waals surface area contributed by atoms with Crippen LogP contribution in [0.5, 0.6) is 0 Å². The van der Waals surface area contributed by atoms with E-state index in [0.29, 0.717) is 0 Å². The Labute approximate surface area is 104 Å². The Hall–Kier alpha value is -0.810. The maximum absolute atomic E-state index is 10.5. The zero-order valence-electron chi connectivity index (χ0n) is 7.76. The Kier molecular flexibility index (Phi) is 4.35. The van der Waals surface area contributed by atoms with Crippen LogP contribution in [-0.2, 0) is 4.79 Å². The van der Waals surface area contributed by atoms with E-state index < -0.39 is 5.97 Å². The molecule has 0 spiro atoms. The van der Waals surface area contributed by atoms with Crippen LogP contribution in [0.4, 0.5) is 5.69 Å². The van der Waals surface area contributed by atoms with Crippen LogP contribution < -0.4 is 5.32 Å². The van der Waals surface area contributed by atoms with E-state index in [1.165, 1.54) is 0 Å². The Morgan fingerprint density at radius 1 is 1.47 bits per heavy atom. The van der Waals surface area contributed by atoms with Gasteiger partial charge in [-0.25, -0.2) is 4.79 Å². The molecule has 2 N–H and O–H groups in total. The lowest BCUT2D eigenvalue weighted by molar-refractivity contribution is -0.132. The van der Waals surface area contributed by atoms with E-state index in [2.05, 4.69) is 43.8 Å². The summed E-state index contributed by atoms with van der Waals surface area (Å²) in [5, 5.41) is 11.6. The number of halogens is 2. The molecule has 15 heavy (non-hydrogen) atoms. The van der Waals surface area contributed by atoms with Gasteiger partial charge in [0.15, 0.2) is 0 Å². The zero-order chi connectivity index (χ0) is 11.4. The zero-order valence-corrected chi connectivity index (χ0v) is 10.9. The summed E-state index contributed by atoms with van der Waals surface area (Å²) >= 11 is 6.69. The van der Waals surface area contributed by atoms with Crippen LogP contribution >= 0.6 is 31.9 Å². The van der Waals surface area contributed by atoms with E-state index in [0.717, 1.165) is 14.6 Å². The van der Waals surface area contributed by atoms with Gasteiger partial charge in [0.05, 0.1) is 0 Å². The summed E-state index contributed by atoms with van der Waals surface area (Å²) in [7, 11) is 0. The maximum Gasteiger partial charge on any atom is 0.332 e. The summed E-state index contributed by atoms with van der Waals surface area (Å²) in [6, 6.07) is 5.60. The monoisotopic (exact) mass is 333 g/mol. The van der Waals surface area contributed by atoms with Gasteiger partial charge in [-0.15, -0.1) is 0 Å². The lowest BCUT2D eigenvalue weighted by Crippen LogP contribution is -2.11. The van der Waals surface area contributed by atoms with Crippen molar-refractivity contribution in [1.82, 2.24) is 0 Å². The number of carboxylic acids is 1. The van der Waals surface area contributed by atoms with Gasteiger partial charge in [-0.3, -0.25) is 0 Å². The second kappa shape index (κ2) is 5.32. The third-order valence-corrected chi connectivity index (χ3v) is 2.88. The van der Waals surface area contributed by atoms with Crippen LogP contribution in [-0.4, -0.2) is 17.6 Å². The predicted molar refractivity (Wildman–Crippen MR) is 67.1 cm³/mol. The molecule has 0 bridgehead atoms. The second-order valence-corrected chi connectivity index (χ2v) is 4.66. The predicted octanol–water partition coefficient (Wildman–Crippen LogP) is 3.26. The smallest absolute Gasteiger partial charge is 0.332 e. The minimum atomic E-state index is -0.990. The first kappa shape index (κ1) is 12.3. The summed E-state index contributed by atoms with van der Waals surface area (Å²) in [6.07, 6.45) is 0. The topological polar surface area (TPSA) is 49.3 Å². The van der Waals surface area contributed by atoms with Crippen LogP contribution in [0.25, 0.3) is 0 Å². The van der Waals surface area contributed by atoms with Crippen LogP contribution in [0.15, 0.2) is 39.3 Å². The molecule has 5 heteroatoms. The summed E-state index contributed by atoms with van der Waals surface area (Å²) in [5.41, 5.74) is 0.963. The molecular weight excluding hydrogens is 326 g/mol. The average Bonchev–Trinajstić information content (AvgIpc) is 2.15. The van der Waals surface area contributed by atoms with Crippen molar-refractivity contribution in [3.63, 3.8) is 0 Å². The molecule has 0 unspecified atom stereocenters. The molecule has 0 fully saturated rings. The minimum Gasteiger partial charge on any atom is -0.478 e. The lowest BCUT2D eigenvalue weighted by Gasteiger charge is -2.08. The maximum atomic E-state index is 10.5. The first-order valence-electron chi connectivity index (χ1n) is 4.10. The molecule has 0 atom stereocenters.